The van der Waals surface area contributed by atoms with Crippen LogP contribution in [0.15, 0.2) is 16.8 Å². The molecule has 0 aromatic carbocycles. The van der Waals surface area contributed by atoms with Gasteiger partial charge in [-0.3, -0.25) is 4.99 Å². The second-order valence-electron chi connectivity index (χ2n) is 3.19. The summed E-state index contributed by atoms with van der Waals surface area (Å²) in [5.74, 6) is -0.262. The van der Waals surface area contributed by atoms with Gasteiger partial charge in [-0.1, -0.05) is 0 Å². The molecule has 2 rings (SSSR count). The SMILES string of the molecule is N#CC1C=C(OC2CC2)C=NC1F. The van der Waals surface area contributed by atoms with Crippen LogP contribution in [0, 0.1) is 17.2 Å². The molecule has 13 heavy (non-hydrogen) atoms. The largest absolute Gasteiger partial charge is 0.489 e. The molecule has 2 aliphatic rings. The van der Waals surface area contributed by atoms with Crippen molar-refractivity contribution in [2.75, 3.05) is 0 Å². The molecule has 1 aliphatic carbocycles. The number of rotatable bonds is 2. The zero-order chi connectivity index (χ0) is 9.26. The summed E-state index contributed by atoms with van der Waals surface area (Å²) in [5, 5.41) is 8.56. The van der Waals surface area contributed by atoms with Crippen LogP contribution in [0.4, 0.5) is 4.39 Å². The number of dihydropyridines is 1. The first-order chi connectivity index (χ1) is 6.29. The molecule has 2 atom stereocenters. The maximum absolute atomic E-state index is 12.9. The number of nitrogens with zero attached hydrogens (tertiary/aromatic N) is 2. The molecule has 3 nitrogen and oxygen atoms in total. The van der Waals surface area contributed by atoms with Gasteiger partial charge in [-0.05, 0) is 18.9 Å². The minimum atomic E-state index is -1.43. The Morgan fingerprint density at radius 2 is 2.38 bits per heavy atom. The van der Waals surface area contributed by atoms with Crippen LogP contribution in [0.3, 0.4) is 0 Å². The van der Waals surface area contributed by atoms with E-state index >= 15 is 0 Å². The van der Waals surface area contributed by atoms with Gasteiger partial charge in [0.15, 0.2) is 0 Å². The maximum Gasteiger partial charge on any atom is 0.209 e. The Morgan fingerprint density at radius 3 is 3.00 bits per heavy atom. The van der Waals surface area contributed by atoms with E-state index in [9.17, 15) is 4.39 Å². The van der Waals surface area contributed by atoms with Crippen molar-refractivity contribution < 1.29 is 9.13 Å². The lowest BCUT2D eigenvalue weighted by molar-refractivity contribution is 0.206. The first-order valence-electron chi connectivity index (χ1n) is 4.25. The summed E-state index contributed by atoms with van der Waals surface area (Å²) < 4.78 is 18.2. The van der Waals surface area contributed by atoms with Crippen LogP contribution < -0.4 is 0 Å². The number of aliphatic imine (C=N–C) groups is 1. The highest BCUT2D eigenvalue weighted by molar-refractivity contribution is 5.77. The summed E-state index contributed by atoms with van der Waals surface area (Å²) in [5.41, 5.74) is 0. The lowest BCUT2D eigenvalue weighted by Crippen LogP contribution is -2.16. The molecule has 1 heterocycles. The summed E-state index contributed by atoms with van der Waals surface area (Å²) in [7, 11) is 0. The fourth-order valence-electron chi connectivity index (χ4n) is 1.08. The van der Waals surface area contributed by atoms with E-state index in [1.54, 1.807) is 0 Å². The van der Waals surface area contributed by atoms with Crippen molar-refractivity contribution >= 4 is 6.21 Å². The topological polar surface area (TPSA) is 45.4 Å². The molecule has 0 N–H and O–H groups in total. The lowest BCUT2D eigenvalue weighted by Gasteiger charge is -2.14. The van der Waals surface area contributed by atoms with Crippen LogP contribution in [0.5, 0.6) is 0 Å². The number of nitriles is 1. The quantitative estimate of drug-likeness (QED) is 0.605. The van der Waals surface area contributed by atoms with Crippen molar-refractivity contribution in [3.8, 4) is 6.07 Å². The second kappa shape index (κ2) is 3.17. The summed E-state index contributed by atoms with van der Waals surface area (Å²) in [6.07, 6.45) is 3.76. The number of hydrogen-bond donors (Lipinski definition) is 0. The van der Waals surface area contributed by atoms with Gasteiger partial charge >= 0.3 is 0 Å². The fourth-order valence-corrected chi connectivity index (χ4v) is 1.08. The molecule has 1 aliphatic heterocycles. The molecule has 0 spiro atoms. The highest BCUT2D eigenvalue weighted by Gasteiger charge is 2.27. The normalized spacial score (nSPS) is 32.2. The molecule has 0 bridgehead atoms. The first-order valence-corrected chi connectivity index (χ1v) is 4.25. The van der Waals surface area contributed by atoms with Crippen molar-refractivity contribution in [1.82, 2.24) is 0 Å². The third-order valence-electron chi connectivity index (χ3n) is 1.96. The molecule has 1 saturated carbocycles. The first kappa shape index (κ1) is 8.24. The smallest absolute Gasteiger partial charge is 0.209 e. The van der Waals surface area contributed by atoms with Crippen molar-refractivity contribution in [1.29, 1.82) is 5.26 Å². The Hall–Kier alpha value is -1.37. The van der Waals surface area contributed by atoms with Crippen LogP contribution in [0.1, 0.15) is 12.8 Å². The Labute approximate surface area is 75.5 Å². The average molecular weight is 180 g/mol. The predicted molar refractivity (Wildman–Crippen MR) is 44.7 cm³/mol. The summed E-state index contributed by atoms with van der Waals surface area (Å²) in [4.78, 5) is 3.54. The Bertz CT molecular complexity index is 301. The number of alkyl halides is 1. The Balaban J connectivity index is 2.03. The van der Waals surface area contributed by atoms with Crippen LogP contribution >= 0.6 is 0 Å². The molecule has 2 unspecified atom stereocenters. The van der Waals surface area contributed by atoms with Gasteiger partial charge in [0, 0.05) is 0 Å². The van der Waals surface area contributed by atoms with Gasteiger partial charge in [-0.25, -0.2) is 4.39 Å². The molecule has 0 aromatic heterocycles. The van der Waals surface area contributed by atoms with Gasteiger partial charge in [0.25, 0.3) is 0 Å². The third kappa shape index (κ3) is 1.86. The van der Waals surface area contributed by atoms with Gasteiger partial charge in [-0.2, -0.15) is 5.26 Å². The van der Waals surface area contributed by atoms with Gasteiger partial charge in [-0.15, -0.1) is 0 Å². The minimum absolute atomic E-state index is 0.258. The van der Waals surface area contributed by atoms with Gasteiger partial charge in [0.2, 0.25) is 6.30 Å². The van der Waals surface area contributed by atoms with Gasteiger partial charge < -0.3 is 4.74 Å². The lowest BCUT2D eigenvalue weighted by atomic mass is 10.1. The zero-order valence-corrected chi connectivity index (χ0v) is 6.98. The maximum atomic E-state index is 12.9. The van der Waals surface area contributed by atoms with Gasteiger partial charge in [0.1, 0.15) is 11.7 Å². The van der Waals surface area contributed by atoms with Gasteiger partial charge in [0.05, 0.1) is 18.4 Å². The van der Waals surface area contributed by atoms with Crippen LogP contribution in [0.25, 0.3) is 0 Å². The zero-order valence-electron chi connectivity index (χ0n) is 6.98. The average Bonchev–Trinajstić information content (AvgIpc) is 2.92. The van der Waals surface area contributed by atoms with Crippen molar-refractivity contribution in [3.05, 3.63) is 11.8 Å². The predicted octanol–water partition coefficient (Wildman–Crippen LogP) is 1.57. The minimum Gasteiger partial charge on any atom is -0.489 e. The van der Waals surface area contributed by atoms with E-state index < -0.39 is 12.2 Å². The molecule has 0 radical (unpaired) electrons. The van der Waals surface area contributed by atoms with E-state index in [0.717, 1.165) is 12.8 Å². The van der Waals surface area contributed by atoms with Crippen molar-refractivity contribution in [3.63, 3.8) is 0 Å². The molecular formula is C9H9FN2O. The molecule has 0 aromatic rings. The Morgan fingerprint density at radius 1 is 1.62 bits per heavy atom. The highest BCUT2D eigenvalue weighted by Crippen LogP contribution is 2.28. The molecule has 68 valence electrons. The van der Waals surface area contributed by atoms with E-state index in [-0.39, 0.29) is 6.10 Å². The summed E-state index contributed by atoms with van der Waals surface area (Å²) in [6.45, 7) is 0. The molecular weight excluding hydrogens is 171 g/mol. The van der Waals surface area contributed by atoms with Crippen molar-refractivity contribution in [2.24, 2.45) is 10.9 Å². The number of ether oxygens (including phenoxy) is 1. The van der Waals surface area contributed by atoms with Crippen LogP contribution in [-0.2, 0) is 4.74 Å². The Kier molecular flexibility index (Phi) is 2.01. The number of halogens is 1. The highest BCUT2D eigenvalue weighted by atomic mass is 19.1. The standard InChI is InChI=1S/C9H9FN2O/c10-9-6(4-11)3-8(5-12-9)13-7-1-2-7/h3,5-7,9H,1-2H2. The monoisotopic (exact) mass is 180 g/mol. The summed E-state index contributed by atoms with van der Waals surface area (Å²) >= 11 is 0. The van der Waals surface area contributed by atoms with Crippen LogP contribution in [-0.4, -0.2) is 18.6 Å². The number of allylic oxidation sites excluding steroid dienone is 1. The summed E-state index contributed by atoms with van der Waals surface area (Å²) in [6, 6.07) is 1.83. The molecule has 0 amide bonds. The van der Waals surface area contributed by atoms with Crippen molar-refractivity contribution in [2.45, 2.75) is 25.2 Å². The van der Waals surface area contributed by atoms with E-state index in [2.05, 4.69) is 4.99 Å². The van der Waals surface area contributed by atoms with E-state index in [4.69, 9.17) is 10.00 Å². The van der Waals surface area contributed by atoms with Crippen LogP contribution in [0.2, 0.25) is 0 Å². The second-order valence-corrected chi connectivity index (χ2v) is 3.19. The number of hydrogen-bond acceptors (Lipinski definition) is 3. The van der Waals surface area contributed by atoms with E-state index in [1.165, 1.54) is 12.3 Å². The molecule has 1 fully saturated rings. The fraction of sp³-hybridized carbons (Fsp3) is 0.556. The molecule has 4 heteroatoms. The third-order valence-corrected chi connectivity index (χ3v) is 1.96. The van der Waals surface area contributed by atoms with E-state index in [1.807, 2.05) is 6.07 Å². The molecule has 0 saturated heterocycles. The van der Waals surface area contributed by atoms with E-state index in [0.29, 0.717) is 5.76 Å².